The van der Waals surface area contributed by atoms with Gasteiger partial charge in [0.2, 0.25) is 0 Å². The Morgan fingerprint density at radius 3 is 1.94 bits per heavy atom. The van der Waals surface area contributed by atoms with Gasteiger partial charge in [-0.05, 0) is 29.8 Å². The van der Waals surface area contributed by atoms with Gasteiger partial charge in [-0.3, -0.25) is 0 Å². The van der Waals surface area contributed by atoms with E-state index < -0.39 is 0 Å². The van der Waals surface area contributed by atoms with E-state index in [0.717, 1.165) is 0 Å². The normalized spacial score (nSPS) is 10.9. The summed E-state index contributed by atoms with van der Waals surface area (Å²) in [6.45, 7) is 0. The lowest BCUT2D eigenvalue weighted by molar-refractivity contribution is 0.449. The van der Waals surface area contributed by atoms with Crippen LogP contribution in [-0.2, 0) is 0 Å². The highest BCUT2D eigenvalue weighted by Crippen LogP contribution is 2.26. The molecule has 2 rings (SSSR count). The molecule has 2 aromatic carbocycles. The standard InChI is InChI=1S/C14H12O4/c15-11-4-3-10(14(18)8-11)2-1-9-5-12(16)7-13(17)6-9/h1-8,15-18H/b2-1-. The third kappa shape index (κ3) is 2.74. The van der Waals surface area contributed by atoms with E-state index in [1.54, 1.807) is 18.2 Å². The lowest BCUT2D eigenvalue weighted by atomic mass is 10.1. The number of benzene rings is 2. The molecule has 0 bridgehead atoms. The van der Waals surface area contributed by atoms with Crippen molar-refractivity contribution < 1.29 is 20.4 Å². The van der Waals surface area contributed by atoms with Gasteiger partial charge in [-0.2, -0.15) is 0 Å². The summed E-state index contributed by atoms with van der Waals surface area (Å²) in [7, 11) is 0. The molecule has 0 saturated carbocycles. The largest absolute Gasteiger partial charge is 0.508 e. The van der Waals surface area contributed by atoms with Gasteiger partial charge in [0, 0.05) is 17.7 Å². The van der Waals surface area contributed by atoms with Gasteiger partial charge in [-0.25, -0.2) is 0 Å². The average molecular weight is 244 g/mol. The van der Waals surface area contributed by atoms with E-state index in [0.29, 0.717) is 11.1 Å². The van der Waals surface area contributed by atoms with Crippen molar-refractivity contribution in [3.63, 3.8) is 0 Å². The molecule has 0 aliphatic carbocycles. The second kappa shape index (κ2) is 4.71. The van der Waals surface area contributed by atoms with Crippen LogP contribution in [0.4, 0.5) is 0 Å². The van der Waals surface area contributed by atoms with Crippen LogP contribution < -0.4 is 0 Å². The van der Waals surface area contributed by atoms with Gasteiger partial charge in [0.25, 0.3) is 0 Å². The minimum absolute atomic E-state index is 0.0142. The summed E-state index contributed by atoms with van der Waals surface area (Å²) in [6.07, 6.45) is 3.24. The second-order valence-corrected chi connectivity index (χ2v) is 3.86. The van der Waals surface area contributed by atoms with Crippen molar-refractivity contribution in [2.75, 3.05) is 0 Å². The molecule has 0 fully saturated rings. The third-order valence-corrected chi connectivity index (χ3v) is 2.39. The number of phenolic OH excluding ortho intramolecular Hbond substituents is 4. The van der Waals surface area contributed by atoms with Crippen molar-refractivity contribution in [1.82, 2.24) is 0 Å². The number of aromatic hydroxyl groups is 4. The van der Waals surface area contributed by atoms with E-state index in [2.05, 4.69) is 0 Å². The number of phenols is 4. The van der Waals surface area contributed by atoms with Crippen LogP contribution in [-0.4, -0.2) is 20.4 Å². The van der Waals surface area contributed by atoms with Gasteiger partial charge in [-0.1, -0.05) is 12.2 Å². The summed E-state index contributed by atoms with van der Waals surface area (Å²) in [5.41, 5.74) is 1.12. The number of hydrogen-bond acceptors (Lipinski definition) is 4. The Morgan fingerprint density at radius 2 is 1.33 bits per heavy atom. The highest BCUT2D eigenvalue weighted by Gasteiger charge is 1.99. The van der Waals surface area contributed by atoms with Crippen LogP contribution in [0.2, 0.25) is 0 Å². The maximum absolute atomic E-state index is 9.57. The molecule has 0 atom stereocenters. The van der Waals surface area contributed by atoms with Crippen LogP contribution in [0.25, 0.3) is 12.2 Å². The zero-order valence-electron chi connectivity index (χ0n) is 9.41. The van der Waals surface area contributed by atoms with E-state index in [9.17, 15) is 15.3 Å². The molecule has 2 aromatic rings. The Labute approximate surface area is 104 Å². The fourth-order valence-corrected chi connectivity index (χ4v) is 1.57. The molecule has 0 heterocycles. The Hall–Kier alpha value is -2.62. The molecule has 4 nitrogen and oxygen atoms in total. The number of hydrogen-bond donors (Lipinski definition) is 4. The molecule has 4 N–H and O–H groups in total. The average Bonchev–Trinajstić information content (AvgIpc) is 2.26. The highest BCUT2D eigenvalue weighted by molar-refractivity contribution is 5.73. The maximum Gasteiger partial charge on any atom is 0.126 e. The van der Waals surface area contributed by atoms with E-state index >= 15 is 0 Å². The quantitative estimate of drug-likeness (QED) is 0.612. The first-order valence-corrected chi connectivity index (χ1v) is 5.28. The van der Waals surface area contributed by atoms with Crippen molar-refractivity contribution in [3.05, 3.63) is 47.5 Å². The van der Waals surface area contributed by atoms with Gasteiger partial charge in [0.1, 0.15) is 23.0 Å². The molecule has 0 aliphatic rings. The molecule has 0 saturated heterocycles. The van der Waals surface area contributed by atoms with Crippen LogP contribution in [0.3, 0.4) is 0 Å². The zero-order valence-corrected chi connectivity index (χ0v) is 9.41. The van der Waals surface area contributed by atoms with Gasteiger partial charge >= 0.3 is 0 Å². The van der Waals surface area contributed by atoms with Crippen LogP contribution in [0.1, 0.15) is 11.1 Å². The van der Waals surface area contributed by atoms with Gasteiger partial charge in [-0.15, -0.1) is 0 Å². The fraction of sp³-hybridized carbons (Fsp3) is 0. The molecule has 0 unspecified atom stereocenters. The minimum Gasteiger partial charge on any atom is -0.508 e. The predicted octanol–water partition coefficient (Wildman–Crippen LogP) is 2.68. The Bertz CT molecular complexity index is 582. The Morgan fingerprint density at radius 1 is 0.667 bits per heavy atom. The molecular weight excluding hydrogens is 232 g/mol. The van der Waals surface area contributed by atoms with Crippen molar-refractivity contribution in [1.29, 1.82) is 0 Å². The third-order valence-electron chi connectivity index (χ3n) is 2.39. The van der Waals surface area contributed by atoms with Crippen LogP contribution >= 0.6 is 0 Å². The zero-order chi connectivity index (χ0) is 13.1. The SMILES string of the molecule is Oc1cc(O)cc(/C=C\c2ccc(O)cc2O)c1. The molecule has 0 amide bonds. The van der Waals surface area contributed by atoms with Gasteiger partial charge < -0.3 is 20.4 Å². The summed E-state index contributed by atoms with van der Waals surface area (Å²) in [5, 5.41) is 37.3. The molecule has 0 aliphatic heterocycles. The van der Waals surface area contributed by atoms with Crippen LogP contribution in [0, 0.1) is 0 Å². The number of rotatable bonds is 2. The van der Waals surface area contributed by atoms with Gasteiger partial charge in [0.05, 0.1) is 0 Å². The summed E-state index contributed by atoms with van der Waals surface area (Å²) >= 11 is 0. The van der Waals surface area contributed by atoms with E-state index in [4.69, 9.17) is 5.11 Å². The monoisotopic (exact) mass is 244 g/mol. The first kappa shape index (κ1) is 11.9. The topological polar surface area (TPSA) is 80.9 Å². The van der Waals surface area contributed by atoms with Crippen LogP contribution in [0.5, 0.6) is 23.0 Å². The highest BCUT2D eigenvalue weighted by atomic mass is 16.3. The predicted molar refractivity (Wildman–Crippen MR) is 68.5 cm³/mol. The van der Waals surface area contributed by atoms with Crippen molar-refractivity contribution in [2.45, 2.75) is 0 Å². The van der Waals surface area contributed by atoms with Crippen molar-refractivity contribution >= 4 is 12.2 Å². The summed E-state index contributed by atoms with van der Waals surface area (Å²) in [4.78, 5) is 0. The lowest BCUT2D eigenvalue weighted by Gasteiger charge is -2.01. The van der Waals surface area contributed by atoms with Crippen LogP contribution in [0.15, 0.2) is 36.4 Å². The van der Waals surface area contributed by atoms with E-state index in [1.807, 2.05) is 0 Å². The van der Waals surface area contributed by atoms with E-state index in [-0.39, 0.29) is 23.0 Å². The van der Waals surface area contributed by atoms with Crippen molar-refractivity contribution in [2.24, 2.45) is 0 Å². The smallest absolute Gasteiger partial charge is 0.126 e. The summed E-state index contributed by atoms with van der Waals surface area (Å²) in [6, 6.07) is 8.44. The molecule has 0 aromatic heterocycles. The van der Waals surface area contributed by atoms with Gasteiger partial charge in [0.15, 0.2) is 0 Å². The minimum atomic E-state index is -0.0457. The van der Waals surface area contributed by atoms with Crippen molar-refractivity contribution in [3.8, 4) is 23.0 Å². The summed E-state index contributed by atoms with van der Waals surface area (Å²) < 4.78 is 0. The molecule has 0 radical (unpaired) electrons. The van der Waals surface area contributed by atoms with E-state index in [1.165, 1.54) is 30.3 Å². The molecular formula is C14H12O4. The molecule has 0 spiro atoms. The molecule has 4 heteroatoms. The summed E-state index contributed by atoms with van der Waals surface area (Å²) in [5.74, 6) is -0.135. The molecule has 92 valence electrons. The second-order valence-electron chi connectivity index (χ2n) is 3.86. The maximum atomic E-state index is 9.57. The Kier molecular flexibility index (Phi) is 3.10. The molecule has 18 heavy (non-hydrogen) atoms. The first-order valence-electron chi connectivity index (χ1n) is 5.28. The fourth-order valence-electron chi connectivity index (χ4n) is 1.57. The Balaban J connectivity index is 2.29. The lowest BCUT2D eigenvalue weighted by Crippen LogP contribution is -1.76. The first-order chi connectivity index (χ1) is 8.54.